The van der Waals surface area contributed by atoms with Gasteiger partial charge in [-0.3, -0.25) is 4.79 Å². The maximum Gasteiger partial charge on any atom is 0.386 e. The van der Waals surface area contributed by atoms with Crippen LogP contribution in [-0.2, 0) is 6.54 Å². The number of rotatable bonds is 3. The van der Waals surface area contributed by atoms with Crippen molar-refractivity contribution in [3.8, 4) is 0 Å². The molecule has 6 nitrogen and oxygen atoms in total. The quantitative estimate of drug-likeness (QED) is 0.430. The van der Waals surface area contributed by atoms with Crippen LogP contribution >= 0.6 is 11.3 Å². The number of aromatic nitrogens is 4. The third-order valence-corrected chi connectivity index (χ3v) is 3.58. The Labute approximate surface area is 129 Å². The van der Waals surface area contributed by atoms with Crippen molar-refractivity contribution < 1.29 is 26.3 Å². The van der Waals surface area contributed by atoms with Crippen molar-refractivity contribution in [2.45, 2.75) is 13.5 Å². The summed E-state index contributed by atoms with van der Waals surface area (Å²) in [6.45, 7) is 2.06. The Morgan fingerprint density at radius 2 is 2.10 bits per heavy atom. The first kappa shape index (κ1) is 14.6. The SMILES string of the molecule is Cc1n(CC(=O)c2ccccc2)nc2sc(N)n[n+]12.[Br-]. The van der Waals surface area contributed by atoms with Crippen LogP contribution in [0, 0.1) is 6.92 Å². The summed E-state index contributed by atoms with van der Waals surface area (Å²) >= 11 is 1.30. The molecule has 2 aromatic heterocycles. The van der Waals surface area contributed by atoms with Gasteiger partial charge in [0.05, 0.1) is 5.10 Å². The van der Waals surface area contributed by atoms with Gasteiger partial charge >= 0.3 is 4.96 Å². The van der Waals surface area contributed by atoms with E-state index in [1.54, 1.807) is 21.3 Å². The average molecular weight is 354 g/mol. The zero-order valence-electron chi connectivity index (χ0n) is 10.7. The second-order valence-electron chi connectivity index (χ2n) is 4.13. The Morgan fingerprint density at radius 1 is 1.40 bits per heavy atom. The molecule has 0 saturated carbocycles. The normalized spacial score (nSPS) is 10.4. The van der Waals surface area contributed by atoms with Gasteiger partial charge in [-0.15, -0.1) is 4.68 Å². The minimum absolute atomic E-state index is 0. The summed E-state index contributed by atoms with van der Waals surface area (Å²) in [6, 6.07) is 9.17. The van der Waals surface area contributed by atoms with Crippen LogP contribution in [0.1, 0.15) is 16.2 Å². The smallest absolute Gasteiger partial charge is 0.386 e. The van der Waals surface area contributed by atoms with Gasteiger partial charge in [-0.25, -0.2) is 0 Å². The number of benzene rings is 1. The molecule has 3 rings (SSSR count). The van der Waals surface area contributed by atoms with E-state index < -0.39 is 0 Å². The highest BCUT2D eigenvalue weighted by atomic mass is 79.9. The number of Topliss-reactive ketones (excluding diaryl/α,β-unsaturated/α-hetero) is 1. The maximum atomic E-state index is 12.1. The summed E-state index contributed by atoms with van der Waals surface area (Å²) in [6.07, 6.45) is 0. The average Bonchev–Trinajstić information content (AvgIpc) is 2.90. The number of fused-ring (bicyclic) bond motifs is 1. The first-order valence-electron chi connectivity index (χ1n) is 5.75. The number of carbonyl (C=O) groups excluding carboxylic acids is 1. The lowest BCUT2D eigenvalue weighted by Gasteiger charge is -1.97. The molecule has 104 valence electrons. The molecule has 2 heterocycles. The van der Waals surface area contributed by atoms with Crippen LogP contribution in [0.2, 0.25) is 0 Å². The third kappa shape index (κ3) is 2.56. The first-order chi connectivity index (χ1) is 9.15. The van der Waals surface area contributed by atoms with E-state index in [1.807, 2.05) is 25.1 Å². The molecule has 0 aliphatic rings. The van der Waals surface area contributed by atoms with Gasteiger partial charge in [-0.2, -0.15) is 0 Å². The van der Waals surface area contributed by atoms with Crippen molar-refractivity contribution in [1.82, 2.24) is 14.9 Å². The maximum absolute atomic E-state index is 12.1. The minimum atomic E-state index is 0. The number of aryl methyl sites for hydroxylation is 1. The number of anilines is 1. The highest BCUT2D eigenvalue weighted by Gasteiger charge is 2.23. The van der Waals surface area contributed by atoms with Crippen LogP contribution in [0.3, 0.4) is 0 Å². The molecule has 0 aliphatic carbocycles. The van der Waals surface area contributed by atoms with Crippen molar-refractivity contribution in [1.29, 1.82) is 0 Å². The molecule has 0 spiro atoms. The van der Waals surface area contributed by atoms with Crippen LogP contribution in [-0.4, -0.2) is 20.7 Å². The van der Waals surface area contributed by atoms with Crippen LogP contribution < -0.4 is 27.2 Å². The Hall–Kier alpha value is -1.80. The van der Waals surface area contributed by atoms with Crippen molar-refractivity contribution in [3.05, 3.63) is 41.7 Å². The fourth-order valence-electron chi connectivity index (χ4n) is 1.86. The monoisotopic (exact) mass is 353 g/mol. The van der Waals surface area contributed by atoms with E-state index >= 15 is 0 Å². The Bertz CT molecular complexity index is 752. The lowest BCUT2D eigenvalue weighted by molar-refractivity contribution is -0.582. The van der Waals surface area contributed by atoms with E-state index in [0.29, 0.717) is 15.7 Å². The molecule has 1 aromatic carbocycles. The Morgan fingerprint density at radius 3 is 2.75 bits per heavy atom. The van der Waals surface area contributed by atoms with Crippen molar-refractivity contribution in [2.75, 3.05) is 5.73 Å². The van der Waals surface area contributed by atoms with Gasteiger partial charge in [0.1, 0.15) is 0 Å². The second kappa shape index (κ2) is 5.68. The van der Waals surface area contributed by atoms with Gasteiger partial charge in [0.25, 0.3) is 5.82 Å². The summed E-state index contributed by atoms with van der Waals surface area (Å²) in [5, 5.41) is 8.93. The predicted molar refractivity (Wildman–Crippen MR) is 71.0 cm³/mol. The molecule has 2 N–H and O–H groups in total. The van der Waals surface area contributed by atoms with E-state index in [-0.39, 0.29) is 29.3 Å². The standard InChI is InChI=1S/C12H12N5OS.BrH/c1-8-16(15-12-17(8)14-11(13)19-12)7-10(18)9-5-3-2-4-6-9;/h2-6H,7H2,1H3,(H2,13,14);1H/q+1;/p-1. The van der Waals surface area contributed by atoms with Gasteiger partial charge < -0.3 is 22.7 Å². The van der Waals surface area contributed by atoms with E-state index in [4.69, 9.17) is 5.73 Å². The number of ketones is 1. The summed E-state index contributed by atoms with van der Waals surface area (Å²) in [5.74, 6) is 0.805. The van der Waals surface area contributed by atoms with Crippen molar-refractivity contribution >= 4 is 27.2 Å². The third-order valence-electron chi connectivity index (χ3n) is 2.85. The summed E-state index contributed by atoms with van der Waals surface area (Å²) in [7, 11) is 0. The fraction of sp³-hybridized carbons (Fsp3) is 0.167. The highest BCUT2D eigenvalue weighted by Crippen LogP contribution is 2.11. The summed E-state index contributed by atoms with van der Waals surface area (Å²) in [4.78, 5) is 12.8. The zero-order valence-corrected chi connectivity index (χ0v) is 13.1. The zero-order chi connectivity index (χ0) is 13.4. The number of nitrogens with zero attached hydrogens (tertiary/aromatic N) is 4. The number of hydrogen-bond acceptors (Lipinski definition) is 5. The van der Waals surface area contributed by atoms with Crippen LogP contribution in [0.15, 0.2) is 30.3 Å². The largest absolute Gasteiger partial charge is 1.00 e. The second-order valence-corrected chi connectivity index (χ2v) is 5.12. The van der Waals surface area contributed by atoms with Crippen LogP contribution in [0.4, 0.5) is 5.13 Å². The lowest BCUT2D eigenvalue weighted by Crippen LogP contribution is -3.00. The first-order valence-corrected chi connectivity index (χ1v) is 6.57. The van der Waals surface area contributed by atoms with Gasteiger partial charge in [-0.05, 0) is 11.3 Å². The number of nitrogen functional groups attached to an aromatic ring is 1. The number of nitrogens with two attached hydrogens (primary N) is 1. The Kier molecular flexibility index (Phi) is 4.15. The van der Waals surface area contributed by atoms with E-state index in [0.717, 1.165) is 5.82 Å². The molecule has 0 radical (unpaired) electrons. The van der Waals surface area contributed by atoms with Gasteiger partial charge in [0.2, 0.25) is 5.13 Å². The molecule has 0 amide bonds. The molecular formula is C12H12BrN5OS. The van der Waals surface area contributed by atoms with E-state index in [9.17, 15) is 4.79 Å². The molecular weight excluding hydrogens is 342 g/mol. The number of carbonyl (C=O) groups is 1. The summed E-state index contributed by atoms with van der Waals surface area (Å²) in [5.41, 5.74) is 6.30. The highest BCUT2D eigenvalue weighted by molar-refractivity contribution is 7.19. The van der Waals surface area contributed by atoms with Crippen molar-refractivity contribution in [3.63, 3.8) is 0 Å². The minimum Gasteiger partial charge on any atom is -1.00 e. The van der Waals surface area contributed by atoms with E-state index in [1.165, 1.54) is 11.3 Å². The molecule has 0 fully saturated rings. The molecule has 3 aromatic rings. The molecule has 0 atom stereocenters. The number of hydrogen-bond donors (Lipinski definition) is 1. The van der Waals surface area contributed by atoms with Gasteiger partial charge in [0, 0.05) is 12.5 Å². The molecule has 0 bridgehead atoms. The topological polar surface area (TPSA) is 77.9 Å². The summed E-state index contributed by atoms with van der Waals surface area (Å²) < 4.78 is 3.30. The molecule has 0 saturated heterocycles. The van der Waals surface area contributed by atoms with Gasteiger partial charge in [-0.1, -0.05) is 39.9 Å². The molecule has 0 unspecified atom stereocenters. The van der Waals surface area contributed by atoms with E-state index in [2.05, 4.69) is 10.2 Å². The van der Waals surface area contributed by atoms with Gasteiger partial charge in [0.15, 0.2) is 12.3 Å². The molecule has 0 aliphatic heterocycles. The molecule has 8 heteroatoms. The fourth-order valence-corrected chi connectivity index (χ4v) is 2.57. The van der Waals surface area contributed by atoms with Crippen molar-refractivity contribution in [2.24, 2.45) is 0 Å². The predicted octanol–water partition coefficient (Wildman–Crippen LogP) is -2.14. The number of halogens is 1. The van der Waals surface area contributed by atoms with Crippen LogP contribution in [0.25, 0.3) is 4.96 Å². The Balaban J connectivity index is 0.00000147. The molecule has 20 heavy (non-hydrogen) atoms. The van der Waals surface area contributed by atoms with Crippen LogP contribution in [0.5, 0.6) is 0 Å². The lowest BCUT2D eigenvalue weighted by atomic mass is 10.1.